The zero-order valence-electron chi connectivity index (χ0n) is 13.5. The summed E-state index contributed by atoms with van der Waals surface area (Å²) in [6, 6.07) is 17.5. The van der Waals surface area contributed by atoms with Crippen LogP contribution < -0.4 is 0 Å². The SMILES string of the molecule is CO/N=C/CC[C@@H](Br)COC(=O)c1ccc(-c2ccccc2)cc1. The van der Waals surface area contributed by atoms with Crippen LogP contribution in [-0.4, -0.2) is 30.7 Å². The zero-order valence-corrected chi connectivity index (χ0v) is 15.1. The second-order valence-electron chi connectivity index (χ2n) is 5.19. The number of nitrogens with zero attached hydrogens (tertiary/aromatic N) is 1. The number of halogens is 1. The molecule has 2 aromatic rings. The Hall–Kier alpha value is -2.14. The van der Waals surface area contributed by atoms with Crippen LogP contribution in [0, 0.1) is 0 Å². The fraction of sp³-hybridized carbons (Fsp3) is 0.263. The molecule has 0 amide bonds. The van der Waals surface area contributed by atoms with E-state index in [1.807, 2.05) is 42.5 Å². The van der Waals surface area contributed by atoms with Gasteiger partial charge in [0.15, 0.2) is 0 Å². The van der Waals surface area contributed by atoms with Crippen molar-refractivity contribution in [3.8, 4) is 11.1 Å². The minimum absolute atomic E-state index is 0.0911. The number of benzene rings is 2. The summed E-state index contributed by atoms with van der Waals surface area (Å²) in [6.07, 6.45) is 3.26. The Morgan fingerprint density at radius 2 is 1.79 bits per heavy atom. The normalized spacial score (nSPS) is 12.1. The number of carbonyl (C=O) groups excluding carboxylic acids is 1. The highest BCUT2D eigenvalue weighted by Gasteiger charge is 2.11. The number of alkyl halides is 1. The third-order valence-corrected chi connectivity index (χ3v) is 4.13. The number of esters is 1. The molecule has 24 heavy (non-hydrogen) atoms. The smallest absolute Gasteiger partial charge is 0.338 e. The van der Waals surface area contributed by atoms with Crippen molar-refractivity contribution in [3.05, 3.63) is 60.2 Å². The van der Waals surface area contributed by atoms with Gasteiger partial charge < -0.3 is 9.57 Å². The quantitative estimate of drug-likeness (QED) is 0.285. The maximum absolute atomic E-state index is 12.1. The molecule has 126 valence electrons. The standard InChI is InChI=1S/C19H20BrNO3/c1-23-21-13-5-8-18(20)14-24-19(22)17-11-9-16(10-12-17)15-6-3-2-4-7-15/h2-4,6-7,9-13,18H,5,8,14H2,1H3/b21-13+/t18-/m1/s1. The number of rotatable bonds is 8. The molecule has 0 fully saturated rings. The van der Waals surface area contributed by atoms with E-state index in [9.17, 15) is 4.79 Å². The van der Waals surface area contributed by atoms with E-state index in [1.54, 1.807) is 18.3 Å². The fourth-order valence-corrected chi connectivity index (χ4v) is 2.54. The van der Waals surface area contributed by atoms with Gasteiger partial charge in [0.2, 0.25) is 0 Å². The first kappa shape index (κ1) is 18.2. The van der Waals surface area contributed by atoms with Crippen LogP contribution in [0.25, 0.3) is 11.1 Å². The van der Waals surface area contributed by atoms with Crippen molar-refractivity contribution in [2.24, 2.45) is 5.16 Å². The van der Waals surface area contributed by atoms with Gasteiger partial charge in [-0.2, -0.15) is 0 Å². The van der Waals surface area contributed by atoms with E-state index in [1.165, 1.54) is 7.11 Å². The van der Waals surface area contributed by atoms with Crippen LogP contribution in [0.3, 0.4) is 0 Å². The van der Waals surface area contributed by atoms with Crippen molar-refractivity contribution < 1.29 is 14.4 Å². The second kappa shape index (κ2) is 9.88. The number of oxime groups is 1. The van der Waals surface area contributed by atoms with E-state index in [4.69, 9.17) is 4.74 Å². The van der Waals surface area contributed by atoms with E-state index in [2.05, 4.69) is 25.9 Å². The van der Waals surface area contributed by atoms with E-state index < -0.39 is 0 Å². The molecular weight excluding hydrogens is 370 g/mol. The van der Waals surface area contributed by atoms with Gasteiger partial charge in [-0.25, -0.2) is 4.79 Å². The molecule has 1 atom stereocenters. The monoisotopic (exact) mass is 389 g/mol. The van der Waals surface area contributed by atoms with E-state index in [0.29, 0.717) is 12.2 Å². The van der Waals surface area contributed by atoms with Crippen LogP contribution in [0.5, 0.6) is 0 Å². The Balaban J connectivity index is 1.83. The molecule has 0 saturated carbocycles. The minimum atomic E-state index is -0.315. The lowest BCUT2D eigenvalue weighted by molar-refractivity contribution is 0.0506. The van der Waals surface area contributed by atoms with Crippen LogP contribution in [0.1, 0.15) is 23.2 Å². The average molecular weight is 390 g/mol. The van der Waals surface area contributed by atoms with Crippen molar-refractivity contribution in [1.82, 2.24) is 0 Å². The minimum Gasteiger partial charge on any atom is -0.461 e. The molecular formula is C19H20BrNO3. The summed E-state index contributed by atoms with van der Waals surface area (Å²) >= 11 is 3.49. The molecule has 0 aliphatic heterocycles. The predicted octanol–water partition coefficient (Wildman–Crippen LogP) is 4.69. The van der Waals surface area contributed by atoms with Crippen molar-refractivity contribution in [1.29, 1.82) is 0 Å². The van der Waals surface area contributed by atoms with Crippen LogP contribution in [0.4, 0.5) is 0 Å². The van der Waals surface area contributed by atoms with Crippen molar-refractivity contribution in [2.45, 2.75) is 17.7 Å². The summed E-state index contributed by atoms with van der Waals surface area (Å²) in [5.74, 6) is -0.315. The highest BCUT2D eigenvalue weighted by Crippen LogP contribution is 2.19. The molecule has 0 unspecified atom stereocenters. The third-order valence-electron chi connectivity index (χ3n) is 3.41. The van der Waals surface area contributed by atoms with E-state index >= 15 is 0 Å². The van der Waals surface area contributed by atoms with Gasteiger partial charge in [-0.1, -0.05) is 63.6 Å². The lowest BCUT2D eigenvalue weighted by Gasteiger charge is -2.10. The van der Waals surface area contributed by atoms with Gasteiger partial charge in [0.25, 0.3) is 0 Å². The molecule has 2 aromatic carbocycles. The van der Waals surface area contributed by atoms with E-state index in [-0.39, 0.29) is 10.8 Å². The number of hydrogen-bond donors (Lipinski definition) is 0. The molecule has 0 aliphatic rings. The number of hydrogen-bond acceptors (Lipinski definition) is 4. The predicted molar refractivity (Wildman–Crippen MR) is 99.6 cm³/mol. The zero-order chi connectivity index (χ0) is 17.2. The van der Waals surface area contributed by atoms with Gasteiger partial charge in [0.1, 0.15) is 13.7 Å². The Labute approximate surface area is 150 Å². The van der Waals surface area contributed by atoms with Crippen LogP contribution in [-0.2, 0) is 9.57 Å². The molecule has 2 rings (SSSR count). The molecule has 0 radical (unpaired) electrons. The summed E-state index contributed by atoms with van der Waals surface area (Å²) in [4.78, 5) is 16.8. The third kappa shape index (κ3) is 5.81. The van der Waals surface area contributed by atoms with Gasteiger partial charge in [-0.05, 0) is 36.1 Å². The van der Waals surface area contributed by atoms with Crippen molar-refractivity contribution >= 4 is 28.1 Å². The van der Waals surface area contributed by atoms with Crippen molar-refractivity contribution in [2.75, 3.05) is 13.7 Å². The maximum Gasteiger partial charge on any atom is 0.338 e. The number of carbonyl (C=O) groups is 1. The lowest BCUT2D eigenvalue weighted by Crippen LogP contribution is -2.14. The topological polar surface area (TPSA) is 47.9 Å². The highest BCUT2D eigenvalue weighted by atomic mass is 79.9. The summed E-state index contributed by atoms with van der Waals surface area (Å²) in [5, 5.41) is 3.67. The molecule has 4 nitrogen and oxygen atoms in total. The van der Waals surface area contributed by atoms with Gasteiger partial charge in [-0.15, -0.1) is 0 Å². The molecule has 0 aromatic heterocycles. The van der Waals surface area contributed by atoms with E-state index in [0.717, 1.165) is 24.0 Å². The van der Waals surface area contributed by atoms with Gasteiger partial charge in [0, 0.05) is 11.0 Å². The lowest BCUT2D eigenvalue weighted by atomic mass is 10.0. The Bertz CT molecular complexity index is 656. The molecule has 5 heteroatoms. The highest BCUT2D eigenvalue weighted by molar-refractivity contribution is 9.09. The van der Waals surface area contributed by atoms with Gasteiger partial charge in [-0.3, -0.25) is 0 Å². The molecule has 0 spiro atoms. The summed E-state index contributed by atoms with van der Waals surface area (Å²) < 4.78 is 5.33. The molecule has 0 saturated heterocycles. The Morgan fingerprint density at radius 1 is 1.12 bits per heavy atom. The molecule has 0 heterocycles. The second-order valence-corrected chi connectivity index (χ2v) is 6.48. The summed E-state index contributed by atoms with van der Waals surface area (Å²) in [7, 11) is 1.51. The molecule has 0 bridgehead atoms. The number of ether oxygens (including phenoxy) is 1. The first-order valence-electron chi connectivity index (χ1n) is 7.72. The largest absolute Gasteiger partial charge is 0.461 e. The first-order chi connectivity index (χ1) is 11.7. The fourth-order valence-electron chi connectivity index (χ4n) is 2.14. The average Bonchev–Trinajstić information content (AvgIpc) is 2.64. The maximum atomic E-state index is 12.1. The Kier molecular flexibility index (Phi) is 7.49. The van der Waals surface area contributed by atoms with Gasteiger partial charge >= 0.3 is 5.97 Å². The van der Waals surface area contributed by atoms with Crippen LogP contribution in [0.2, 0.25) is 0 Å². The van der Waals surface area contributed by atoms with Crippen molar-refractivity contribution in [3.63, 3.8) is 0 Å². The van der Waals surface area contributed by atoms with Crippen LogP contribution >= 0.6 is 15.9 Å². The molecule has 0 aliphatic carbocycles. The Morgan fingerprint density at radius 3 is 2.46 bits per heavy atom. The van der Waals surface area contributed by atoms with Crippen LogP contribution in [0.15, 0.2) is 59.8 Å². The summed E-state index contributed by atoms with van der Waals surface area (Å²) in [6.45, 7) is 0.320. The first-order valence-corrected chi connectivity index (χ1v) is 8.64. The molecule has 0 N–H and O–H groups in total. The van der Waals surface area contributed by atoms with Gasteiger partial charge in [0.05, 0.1) is 5.56 Å². The summed E-state index contributed by atoms with van der Waals surface area (Å²) in [5.41, 5.74) is 2.74.